The zero-order valence-corrected chi connectivity index (χ0v) is 26.7. The topological polar surface area (TPSA) is 91.0 Å². The number of para-hydroxylation sites is 1. The molecule has 0 bridgehead atoms. The van der Waals surface area contributed by atoms with Crippen LogP contribution in [0.4, 0.5) is 15.9 Å². The van der Waals surface area contributed by atoms with Crippen LogP contribution < -0.4 is 24.8 Å². The van der Waals surface area contributed by atoms with Crippen LogP contribution in [0.5, 0.6) is 11.5 Å². The Bertz CT molecular complexity index is 1810. The standard InChI is InChI=1S/C33H32FN5O4S2/c1-3-4-11-38-30(37-14-12-36(13-15-37)26-8-6-5-7-25(26)34)23(21(2)24(18-35)31(38)40)17-29-32(41)39(33(44)45-29)19-22-9-10-27-28(16-22)43-20-42-27/h5-10,16-17H,3-4,11-15,19-20H2,1-2H3/b29-17+. The van der Waals surface area contributed by atoms with Crippen molar-refractivity contribution in [3.05, 3.63) is 85.8 Å². The summed E-state index contributed by atoms with van der Waals surface area (Å²) in [7, 11) is 0. The van der Waals surface area contributed by atoms with E-state index >= 15 is 0 Å². The van der Waals surface area contributed by atoms with Crippen LogP contribution in [0.1, 0.15) is 42.0 Å². The summed E-state index contributed by atoms with van der Waals surface area (Å²) in [5.74, 6) is 1.43. The van der Waals surface area contributed by atoms with Gasteiger partial charge in [-0.25, -0.2) is 4.39 Å². The lowest BCUT2D eigenvalue weighted by Gasteiger charge is -2.39. The highest BCUT2D eigenvalue weighted by Crippen LogP contribution is 2.38. The third kappa shape index (κ3) is 5.90. The van der Waals surface area contributed by atoms with Crippen LogP contribution in [0.2, 0.25) is 0 Å². The van der Waals surface area contributed by atoms with Crippen LogP contribution in [-0.4, -0.2) is 52.7 Å². The second kappa shape index (κ2) is 12.9. The maximum Gasteiger partial charge on any atom is 0.270 e. The number of fused-ring (bicyclic) bond motifs is 1. The monoisotopic (exact) mass is 645 g/mol. The van der Waals surface area contributed by atoms with E-state index in [2.05, 4.69) is 11.0 Å². The van der Waals surface area contributed by atoms with Crippen molar-refractivity contribution < 1.29 is 18.7 Å². The molecule has 2 fully saturated rings. The van der Waals surface area contributed by atoms with Gasteiger partial charge in [-0.3, -0.25) is 19.1 Å². The minimum atomic E-state index is -0.345. The number of piperazine rings is 1. The maximum atomic E-state index is 14.6. The molecule has 232 valence electrons. The van der Waals surface area contributed by atoms with Crippen molar-refractivity contribution in [1.29, 1.82) is 5.26 Å². The van der Waals surface area contributed by atoms with Crippen molar-refractivity contribution in [3.8, 4) is 17.6 Å². The number of thiocarbonyl (C=S) groups is 1. The molecule has 0 saturated carbocycles. The number of hydrogen-bond donors (Lipinski definition) is 0. The van der Waals surface area contributed by atoms with E-state index in [9.17, 15) is 19.2 Å². The molecular formula is C33H32FN5O4S2. The van der Waals surface area contributed by atoms with E-state index in [0.29, 0.717) is 76.1 Å². The zero-order valence-electron chi connectivity index (χ0n) is 25.0. The molecule has 2 aromatic carbocycles. The number of anilines is 2. The Kier molecular flexibility index (Phi) is 8.83. The number of ether oxygens (including phenoxy) is 2. The highest BCUT2D eigenvalue weighted by Gasteiger charge is 2.34. The Hall–Kier alpha value is -4.34. The van der Waals surface area contributed by atoms with Gasteiger partial charge >= 0.3 is 0 Å². The number of unbranched alkanes of at least 4 members (excludes halogenated alkanes) is 1. The molecule has 12 heteroatoms. The number of halogens is 1. The minimum absolute atomic E-state index is 0.0573. The lowest BCUT2D eigenvalue weighted by atomic mass is 10.0. The number of pyridine rings is 1. The largest absolute Gasteiger partial charge is 0.454 e. The third-order valence-corrected chi connectivity index (χ3v) is 9.66. The quantitative estimate of drug-likeness (QED) is 0.235. The molecule has 0 N–H and O–H groups in total. The van der Waals surface area contributed by atoms with Crippen molar-refractivity contribution in [3.63, 3.8) is 0 Å². The number of thioether (sulfide) groups is 1. The lowest BCUT2D eigenvalue weighted by Crippen LogP contribution is -2.49. The van der Waals surface area contributed by atoms with E-state index in [-0.39, 0.29) is 36.2 Å². The molecule has 0 aliphatic carbocycles. The fourth-order valence-electron chi connectivity index (χ4n) is 5.87. The molecule has 9 nitrogen and oxygen atoms in total. The van der Waals surface area contributed by atoms with Gasteiger partial charge in [0.2, 0.25) is 6.79 Å². The Balaban J connectivity index is 1.36. The molecular weight excluding hydrogens is 614 g/mol. The Morgan fingerprint density at radius 2 is 1.80 bits per heavy atom. The van der Waals surface area contributed by atoms with Gasteiger partial charge in [0.05, 0.1) is 17.1 Å². The summed E-state index contributed by atoms with van der Waals surface area (Å²) >= 11 is 6.84. The normalized spacial score (nSPS) is 17.0. The molecule has 2 saturated heterocycles. The van der Waals surface area contributed by atoms with E-state index in [1.54, 1.807) is 34.6 Å². The highest BCUT2D eigenvalue weighted by molar-refractivity contribution is 8.26. The smallest absolute Gasteiger partial charge is 0.270 e. The van der Waals surface area contributed by atoms with Crippen LogP contribution >= 0.6 is 24.0 Å². The average molecular weight is 646 g/mol. The second-order valence-electron chi connectivity index (χ2n) is 11.0. The first-order valence-corrected chi connectivity index (χ1v) is 16.1. The van der Waals surface area contributed by atoms with Crippen molar-refractivity contribution in [2.24, 2.45) is 0 Å². The molecule has 45 heavy (non-hydrogen) atoms. The predicted octanol–water partition coefficient (Wildman–Crippen LogP) is 5.42. The highest BCUT2D eigenvalue weighted by atomic mass is 32.2. The van der Waals surface area contributed by atoms with Crippen LogP contribution in [0, 0.1) is 24.1 Å². The van der Waals surface area contributed by atoms with Crippen LogP contribution in [0.3, 0.4) is 0 Å². The summed E-state index contributed by atoms with van der Waals surface area (Å²) in [5.41, 5.74) is 2.27. The molecule has 3 aliphatic heterocycles. The minimum Gasteiger partial charge on any atom is -0.454 e. The molecule has 1 aromatic heterocycles. The molecule has 3 aliphatic rings. The van der Waals surface area contributed by atoms with Crippen molar-refractivity contribution in [2.45, 2.75) is 39.8 Å². The molecule has 6 rings (SSSR count). The van der Waals surface area contributed by atoms with Gasteiger partial charge in [0.15, 0.2) is 11.5 Å². The fraction of sp³-hybridized carbons (Fsp3) is 0.333. The van der Waals surface area contributed by atoms with E-state index < -0.39 is 0 Å². The van der Waals surface area contributed by atoms with Gasteiger partial charge in [-0.2, -0.15) is 5.26 Å². The van der Waals surface area contributed by atoms with Gasteiger partial charge in [-0.1, -0.05) is 55.5 Å². The first-order chi connectivity index (χ1) is 21.8. The third-order valence-electron chi connectivity index (χ3n) is 8.28. The molecule has 0 spiro atoms. The number of nitriles is 1. The number of hydrogen-bond acceptors (Lipinski definition) is 9. The van der Waals surface area contributed by atoms with Crippen molar-refractivity contribution in [1.82, 2.24) is 9.47 Å². The van der Waals surface area contributed by atoms with Crippen LogP contribution in [-0.2, 0) is 17.9 Å². The SMILES string of the molecule is CCCCn1c(N2CCN(c3ccccc3F)CC2)c(/C=C2/SC(=S)N(Cc3ccc4c(c3)OCO4)C2=O)c(C)c(C#N)c1=O. The van der Waals surface area contributed by atoms with E-state index in [1.807, 2.05) is 36.1 Å². The summed E-state index contributed by atoms with van der Waals surface area (Å²) in [6.45, 7) is 6.78. The number of amides is 1. The van der Waals surface area contributed by atoms with Gasteiger partial charge < -0.3 is 19.3 Å². The van der Waals surface area contributed by atoms with Crippen molar-refractivity contribution in [2.75, 3.05) is 42.8 Å². The number of benzene rings is 2. The number of nitrogens with zero attached hydrogens (tertiary/aromatic N) is 5. The summed E-state index contributed by atoms with van der Waals surface area (Å²) in [4.78, 5) is 33.5. The van der Waals surface area contributed by atoms with Gasteiger partial charge in [0.1, 0.15) is 27.6 Å². The Labute approximate surface area is 270 Å². The van der Waals surface area contributed by atoms with Crippen LogP contribution in [0.15, 0.2) is 52.2 Å². The number of aromatic nitrogens is 1. The number of carbonyl (C=O) groups excluding carboxylic acids is 1. The fourth-order valence-corrected chi connectivity index (χ4v) is 7.10. The van der Waals surface area contributed by atoms with Crippen LogP contribution in [0.25, 0.3) is 6.08 Å². The lowest BCUT2D eigenvalue weighted by molar-refractivity contribution is -0.122. The van der Waals surface area contributed by atoms with E-state index in [4.69, 9.17) is 21.7 Å². The molecule has 4 heterocycles. The molecule has 1 amide bonds. The Morgan fingerprint density at radius 1 is 1.07 bits per heavy atom. The summed E-state index contributed by atoms with van der Waals surface area (Å²) in [6.07, 6.45) is 3.37. The van der Waals surface area contributed by atoms with Gasteiger partial charge in [-0.05, 0) is 54.8 Å². The van der Waals surface area contributed by atoms with Crippen molar-refractivity contribution >= 4 is 51.8 Å². The second-order valence-corrected chi connectivity index (χ2v) is 12.7. The number of rotatable bonds is 8. The van der Waals surface area contributed by atoms with E-state index in [1.165, 1.54) is 17.8 Å². The molecule has 3 aromatic rings. The first-order valence-electron chi connectivity index (χ1n) is 14.9. The first kappa shape index (κ1) is 30.7. The number of carbonyl (C=O) groups is 1. The molecule has 0 radical (unpaired) electrons. The average Bonchev–Trinajstić information content (AvgIpc) is 3.62. The van der Waals surface area contributed by atoms with Gasteiger partial charge in [0, 0.05) is 38.3 Å². The summed E-state index contributed by atoms with van der Waals surface area (Å²) in [5, 5.41) is 10.0. The predicted molar refractivity (Wildman–Crippen MR) is 177 cm³/mol. The molecule has 0 unspecified atom stereocenters. The Morgan fingerprint density at radius 3 is 2.53 bits per heavy atom. The van der Waals surface area contributed by atoms with Gasteiger partial charge in [0.25, 0.3) is 11.5 Å². The maximum absolute atomic E-state index is 14.6. The molecule has 0 atom stereocenters. The van der Waals surface area contributed by atoms with Gasteiger partial charge in [-0.15, -0.1) is 0 Å². The summed E-state index contributed by atoms with van der Waals surface area (Å²) in [6, 6.07) is 14.4. The zero-order chi connectivity index (χ0) is 31.7. The summed E-state index contributed by atoms with van der Waals surface area (Å²) < 4.78 is 27.6. The van der Waals surface area contributed by atoms with E-state index in [0.717, 1.165) is 18.4 Å².